The summed E-state index contributed by atoms with van der Waals surface area (Å²) in [6.45, 7) is 0.260. The normalized spacial score (nSPS) is 11.4. The fraction of sp³-hybridized carbons (Fsp3) is 0.133. The molecule has 0 saturated carbocycles. The Labute approximate surface area is 149 Å². The van der Waals surface area contributed by atoms with E-state index in [1.165, 1.54) is 19.2 Å². The molecule has 1 aromatic heterocycles. The van der Waals surface area contributed by atoms with Crippen LogP contribution in [0.3, 0.4) is 0 Å². The zero-order chi connectivity index (χ0) is 17.9. The number of halogens is 1. The highest BCUT2D eigenvalue weighted by Crippen LogP contribution is 2.24. The van der Waals surface area contributed by atoms with Gasteiger partial charge in [0, 0.05) is 23.4 Å². The number of ether oxygens (including phenoxy) is 1. The Morgan fingerprint density at radius 2 is 2.08 bits per heavy atom. The second-order valence-corrected chi connectivity index (χ2v) is 7.27. The molecule has 8 nitrogen and oxygen atoms in total. The van der Waals surface area contributed by atoms with Crippen LogP contribution in [0.4, 0.5) is 5.69 Å². The van der Waals surface area contributed by atoms with Crippen molar-refractivity contribution in [2.75, 3.05) is 11.8 Å². The number of hydrogen-bond donors (Lipinski definition) is 2. The van der Waals surface area contributed by atoms with Crippen LogP contribution in [0.1, 0.15) is 5.56 Å². The minimum atomic E-state index is -3.82. The van der Waals surface area contributed by atoms with Gasteiger partial charge in [-0.2, -0.15) is 5.21 Å². The van der Waals surface area contributed by atoms with Crippen molar-refractivity contribution in [3.05, 3.63) is 53.1 Å². The van der Waals surface area contributed by atoms with Crippen LogP contribution in [0.2, 0.25) is 5.02 Å². The third kappa shape index (κ3) is 4.13. The van der Waals surface area contributed by atoms with Gasteiger partial charge < -0.3 is 4.74 Å². The average molecular weight is 380 g/mol. The first-order valence-corrected chi connectivity index (χ1v) is 8.99. The van der Waals surface area contributed by atoms with Crippen LogP contribution < -0.4 is 4.72 Å². The van der Waals surface area contributed by atoms with E-state index in [1.54, 1.807) is 30.3 Å². The van der Waals surface area contributed by atoms with Crippen LogP contribution in [0, 0.1) is 0 Å². The molecule has 0 amide bonds. The van der Waals surface area contributed by atoms with Crippen molar-refractivity contribution in [1.82, 2.24) is 20.6 Å². The van der Waals surface area contributed by atoms with E-state index in [-0.39, 0.29) is 11.5 Å². The molecule has 0 radical (unpaired) electrons. The Morgan fingerprint density at radius 1 is 1.24 bits per heavy atom. The molecular formula is C15H14ClN5O3S. The second kappa shape index (κ2) is 7.18. The van der Waals surface area contributed by atoms with Crippen molar-refractivity contribution in [2.45, 2.75) is 11.5 Å². The van der Waals surface area contributed by atoms with Gasteiger partial charge in [-0.25, -0.2) is 8.42 Å². The number of hydrogen-bond acceptors (Lipinski definition) is 6. The van der Waals surface area contributed by atoms with Gasteiger partial charge in [-0.05, 0) is 41.1 Å². The molecule has 0 aliphatic rings. The Hall–Kier alpha value is -2.49. The summed E-state index contributed by atoms with van der Waals surface area (Å²) in [4.78, 5) is 0.0528. The topological polar surface area (TPSA) is 110 Å². The average Bonchev–Trinajstić information content (AvgIpc) is 3.09. The van der Waals surface area contributed by atoms with Crippen LogP contribution in [-0.4, -0.2) is 36.2 Å². The minimum absolute atomic E-state index is 0.0528. The summed E-state index contributed by atoms with van der Waals surface area (Å²) < 4.78 is 32.8. The van der Waals surface area contributed by atoms with E-state index < -0.39 is 10.0 Å². The summed E-state index contributed by atoms with van der Waals surface area (Å²) in [5.74, 6) is 0.367. The third-order valence-corrected chi connectivity index (χ3v) is 4.85. The Morgan fingerprint density at radius 3 is 2.80 bits per heavy atom. The van der Waals surface area contributed by atoms with Crippen LogP contribution in [-0.2, 0) is 21.4 Å². The van der Waals surface area contributed by atoms with Crippen molar-refractivity contribution in [3.63, 3.8) is 0 Å². The first-order valence-electron chi connectivity index (χ1n) is 7.13. The van der Waals surface area contributed by atoms with Crippen molar-refractivity contribution in [3.8, 4) is 11.4 Å². The number of tetrazole rings is 1. The molecule has 130 valence electrons. The molecule has 0 saturated heterocycles. The SMILES string of the molecule is COCc1cc(Cl)cc(S(=O)(=O)Nc2cccc(-c3nn[nH]n3)c2)c1. The highest BCUT2D eigenvalue weighted by molar-refractivity contribution is 7.92. The molecule has 3 rings (SSSR count). The number of sulfonamides is 1. The number of aromatic nitrogens is 4. The molecule has 0 spiro atoms. The molecule has 0 aliphatic heterocycles. The van der Waals surface area contributed by atoms with E-state index in [2.05, 4.69) is 25.3 Å². The van der Waals surface area contributed by atoms with E-state index in [1.807, 2.05) is 0 Å². The van der Waals surface area contributed by atoms with Gasteiger partial charge in [0.1, 0.15) is 0 Å². The predicted octanol–water partition coefficient (Wildman–Crippen LogP) is 2.47. The molecule has 2 aromatic carbocycles. The van der Waals surface area contributed by atoms with Gasteiger partial charge in [0.25, 0.3) is 10.0 Å². The molecule has 0 unspecified atom stereocenters. The van der Waals surface area contributed by atoms with E-state index in [9.17, 15) is 8.42 Å². The fourth-order valence-corrected chi connectivity index (χ4v) is 3.71. The molecular weight excluding hydrogens is 366 g/mol. The number of nitrogens with zero attached hydrogens (tertiary/aromatic N) is 3. The Bertz CT molecular complexity index is 977. The number of rotatable bonds is 6. The first kappa shape index (κ1) is 17.3. The molecule has 1 heterocycles. The van der Waals surface area contributed by atoms with Gasteiger partial charge in [0.2, 0.25) is 5.82 Å². The Kier molecular flexibility index (Phi) is 4.98. The number of aromatic amines is 1. The monoisotopic (exact) mass is 379 g/mol. The molecule has 0 fully saturated rings. The number of H-pyrrole nitrogens is 1. The zero-order valence-electron chi connectivity index (χ0n) is 13.1. The minimum Gasteiger partial charge on any atom is -0.380 e. The molecule has 0 aliphatic carbocycles. The van der Waals surface area contributed by atoms with Crippen molar-refractivity contribution < 1.29 is 13.2 Å². The molecule has 3 aromatic rings. The lowest BCUT2D eigenvalue weighted by Gasteiger charge is -2.11. The summed E-state index contributed by atoms with van der Waals surface area (Å²) in [5, 5.41) is 13.9. The van der Waals surface area contributed by atoms with E-state index >= 15 is 0 Å². The first-order chi connectivity index (χ1) is 12.0. The van der Waals surface area contributed by atoms with Crippen LogP contribution in [0.25, 0.3) is 11.4 Å². The number of nitrogens with one attached hydrogen (secondary N) is 2. The van der Waals surface area contributed by atoms with E-state index in [4.69, 9.17) is 16.3 Å². The van der Waals surface area contributed by atoms with Gasteiger partial charge in [0.15, 0.2) is 0 Å². The summed E-state index contributed by atoms with van der Waals surface area (Å²) in [5.41, 5.74) is 1.66. The lowest BCUT2D eigenvalue weighted by Crippen LogP contribution is -2.13. The lowest BCUT2D eigenvalue weighted by molar-refractivity contribution is 0.184. The highest BCUT2D eigenvalue weighted by Gasteiger charge is 2.17. The largest absolute Gasteiger partial charge is 0.380 e. The van der Waals surface area contributed by atoms with Gasteiger partial charge in [-0.1, -0.05) is 23.7 Å². The van der Waals surface area contributed by atoms with Crippen LogP contribution in [0.15, 0.2) is 47.4 Å². The summed E-state index contributed by atoms with van der Waals surface area (Å²) in [6.07, 6.45) is 0. The van der Waals surface area contributed by atoms with Crippen LogP contribution >= 0.6 is 11.6 Å². The van der Waals surface area contributed by atoms with Gasteiger partial charge >= 0.3 is 0 Å². The van der Waals surface area contributed by atoms with Crippen molar-refractivity contribution in [1.29, 1.82) is 0 Å². The number of methoxy groups -OCH3 is 1. The number of benzene rings is 2. The van der Waals surface area contributed by atoms with E-state index in [0.717, 1.165) is 0 Å². The third-order valence-electron chi connectivity index (χ3n) is 3.27. The van der Waals surface area contributed by atoms with E-state index in [0.29, 0.717) is 27.7 Å². The predicted molar refractivity (Wildman–Crippen MR) is 92.6 cm³/mol. The van der Waals surface area contributed by atoms with Crippen molar-refractivity contribution >= 4 is 27.3 Å². The molecule has 10 heteroatoms. The Balaban J connectivity index is 1.91. The number of anilines is 1. The zero-order valence-corrected chi connectivity index (χ0v) is 14.7. The summed E-state index contributed by atoms with van der Waals surface area (Å²) in [6, 6.07) is 11.2. The highest BCUT2D eigenvalue weighted by atomic mass is 35.5. The smallest absolute Gasteiger partial charge is 0.261 e. The maximum atomic E-state index is 12.6. The molecule has 0 bridgehead atoms. The molecule has 2 N–H and O–H groups in total. The lowest BCUT2D eigenvalue weighted by atomic mass is 10.2. The van der Waals surface area contributed by atoms with Crippen LogP contribution in [0.5, 0.6) is 0 Å². The van der Waals surface area contributed by atoms with Gasteiger partial charge in [-0.3, -0.25) is 4.72 Å². The van der Waals surface area contributed by atoms with Crippen molar-refractivity contribution in [2.24, 2.45) is 0 Å². The summed E-state index contributed by atoms with van der Waals surface area (Å²) in [7, 11) is -2.29. The standard InChI is InChI=1S/C15H14ClN5O3S/c1-24-9-10-5-12(16)8-14(6-10)25(22,23)19-13-4-2-3-11(7-13)15-17-20-21-18-15/h2-8,19H,9H2,1H3,(H,17,18,20,21). The molecule has 25 heavy (non-hydrogen) atoms. The maximum Gasteiger partial charge on any atom is 0.261 e. The van der Waals surface area contributed by atoms with Gasteiger partial charge in [0.05, 0.1) is 11.5 Å². The maximum absolute atomic E-state index is 12.6. The fourth-order valence-electron chi connectivity index (χ4n) is 2.25. The molecule has 0 atom stereocenters. The summed E-state index contributed by atoms with van der Waals surface area (Å²) >= 11 is 6.01. The van der Waals surface area contributed by atoms with Gasteiger partial charge in [-0.15, -0.1) is 10.2 Å². The second-order valence-electron chi connectivity index (χ2n) is 5.15. The quantitative estimate of drug-likeness (QED) is 0.680.